The number of aliphatic hydroxyl groups excluding tert-OH is 1. The van der Waals surface area contributed by atoms with Gasteiger partial charge in [0.2, 0.25) is 17.7 Å². The minimum atomic E-state index is -1.33. The fraction of sp³-hybridized carbons (Fsp3) is 0.800. The van der Waals surface area contributed by atoms with E-state index >= 15 is 0 Å². The third-order valence-corrected chi connectivity index (χ3v) is 5.47. The summed E-state index contributed by atoms with van der Waals surface area (Å²) in [5, 5.41) is 24.6. The lowest BCUT2D eigenvalue weighted by molar-refractivity contribution is -0.150. The average Bonchev–Trinajstić information content (AvgIpc) is 3.19. The molecule has 0 radical (unpaired) electrons. The van der Waals surface area contributed by atoms with Gasteiger partial charge in [0.05, 0.1) is 12.1 Å². The van der Waals surface area contributed by atoms with E-state index in [1.807, 2.05) is 0 Å². The van der Waals surface area contributed by atoms with Crippen molar-refractivity contribution in [2.24, 2.45) is 17.4 Å². The number of amides is 3. The zero-order valence-electron chi connectivity index (χ0n) is 18.5. The van der Waals surface area contributed by atoms with Crippen molar-refractivity contribution in [1.82, 2.24) is 15.5 Å². The number of hydrogen-bond acceptors (Lipinski definition) is 7. The molecule has 5 unspecified atom stereocenters. The van der Waals surface area contributed by atoms with Crippen LogP contribution in [0, 0.1) is 5.92 Å². The Balaban J connectivity index is 2.95. The Bertz CT molecular complexity index is 642. The van der Waals surface area contributed by atoms with Crippen LogP contribution in [-0.2, 0) is 19.2 Å². The second kappa shape index (κ2) is 12.6. The summed E-state index contributed by atoms with van der Waals surface area (Å²) in [6.45, 7) is 5.56. The number of aliphatic hydroxyl groups is 1. The van der Waals surface area contributed by atoms with E-state index in [1.54, 1.807) is 13.8 Å². The first-order valence-corrected chi connectivity index (χ1v) is 10.8. The van der Waals surface area contributed by atoms with E-state index in [2.05, 4.69) is 10.6 Å². The van der Waals surface area contributed by atoms with E-state index < -0.39 is 54.0 Å². The van der Waals surface area contributed by atoms with Gasteiger partial charge in [-0.25, -0.2) is 4.79 Å². The predicted molar refractivity (Wildman–Crippen MR) is 114 cm³/mol. The van der Waals surface area contributed by atoms with Crippen LogP contribution in [0.3, 0.4) is 0 Å². The van der Waals surface area contributed by atoms with E-state index in [1.165, 1.54) is 6.92 Å². The molecular formula is C20H37N5O6. The smallest absolute Gasteiger partial charge is 0.326 e. The van der Waals surface area contributed by atoms with E-state index in [0.29, 0.717) is 32.2 Å². The number of carboxylic acid groups (broad SMARTS) is 1. The first-order valence-electron chi connectivity index (χ1n) is 10.8. The monoisotopic (exact) mass is 443 g/mol. The Labute approximate surface area is 182 Å². The highest BCUT2D eigenvalue weighted by Crippen LogP contribution is 2.19. The maximum Gasteiger partial charge on any atom is 0.326 e. The summed E-state index contributed by atoms with van der Waals surface area (Å²) in [6, 6.07) is -4.10. The predicted octanol–water partition coefficient (Wildman–Crippen LogP) is -1.48. The van der Waals surface area contributed by atoms with Crippen LogP contribution in [0.15, 0.2) is 0 Å². The van der Waals surface area contributed by atoms with Gasteiger partial charge >= 0.3 is 5.97 Å². The van der Waals surface area contributed by atoms with Crippen molar-refractivity contribution in [3.8, 4) is 0 Å². The SMILES string of the molecule is CC(C)C(N)C(=O)NC(CCCCN)C(=O)NC(C(=O)N1CCCC1C(=O)O)C(C)O. The zero-order chi connectivity index (χ0) is 23.7. The molecule has 1 rings (SSSR count). The van der Waals surface area contributed by atoms with Crippen LogP contribution in [0.2, 0.25) is 0 Å². The standard InChI is InChI=1S/C20H37N5O6/c1-11(2)15(22)18(28)23-13(7-4-5-9-21)17(27)24-16(12(3)26)19(29)25-10-6-8-14(25)20(30)31/h11-16,26H,4-10,21-22H2,1-3H3,(H,23,28)(H,24,27)(H,30,31). The van der Waals surface area contributed by atoms with Crippen molar-refractivity contribution in [3.63, 3.8) is 0 Å². The van der Waals surface area contributed by atoms with Gasteiger partial charge in [-0.15, -0.1) is 0 Å². The molecule has 1 aliphatic heterocycles. The first kappa shape index (κ1) is 26.8. The molecule has 3 amide bonds. The number of carbonyl (C=O) groups is 4. The van der Waals surface area contributed by atoms with E-state index in [-0.39, 0.29) is 18.9 Å². The number of nitrogens with one attached hydrogen (secondary N) is 2. The Hall–Kier alpha value is -2.24. The Morgan fingerprint density at radius 3 is 2.26 bits per heavy atom. The van der Waals surface area contributed by atoms with Gasteiger partial charge in [0.25, 0.3) is 0 Å². The highest BCUT2D eigenvalue weighted by molar-refractivity contribution is 5.94. The molecule has 1 aliphatic rings. The van der Waals surface area contributed by atoms with Gasteiger partial charge in [-0.2, -0.15) is 0 Å². The molecule has 0 saturated carbocycles. The summed E-state index contributed by atoms with van der Waals surface area (Å²) in [4.78, 5) is 50.8. The number of nitrogens with zero attached hydrogens (tertiary/aromatic N) is 1. The van der Waals surface area contributed by atoms with Crippen LogP contribution < -0.4 is 22.1 Å². The molecule has 1 heterocycles. The van der Waals surface area contributed by atoms with Crippen LogP contribution in [0.5, 0.6) is 0 Å². The van der Waals surface area contributed by atoms with E-state index in [4.69, 9.17) is 11.5 Å². The van der Waals surface area contributed by atoms with Gasteiger partial charge in [-0.05, 0) is 51.5 Å². The third-order valence-electron chi connectivity index (χ3n) is 5.47. The summed E-state index contributed by atoms with van der Waals surface area (Å²) < 4.78 is 0. The van der Waals surface area contributed by atoms with Gasteiger partial charge in [-0.3, -0.25) is 14.4 Å². The minimum absolute atomic E-state index is 0.136. The quantitative estimate of drug-likeness (QED) is 0.197. The van der Waals surface area contributed by atoms with Crippen LogP contribution in [-0.4, -0.2) is 82.2 Å². The van der Waals surface area contributed by atoms with Crippen molar-refractivity contribution in [2.75, 3.05) is 13.1 Å². The molecule has 11 heteroatoms. The molecule has 11 nitrogen and oxygen atoms in total. The van der Waals surface area contributed by atoms with E-state index in [9.17, 15) is 29.4 Å². The molecule has 31 heavy (non-hydrogen) atoms. The van der Waals surface area contributed by atoms with Crippen LogP contribution in [0.1, 0.15) is 52.9 Å². The maximum atomic E-state index is 12.9. The fourth-order valence-electron chi connectivity index (χ4n) is 3.44. The zero-order valence-corrected chi connectivity index (χ0v) is 18.5. The normalized spacial score (nSPS) is 20.1. The van der Waals surface area contributed by atoms with Gasteiger partial charge in [0.15, 0.2) is 0 Å². The number of unbranched alkanes of at least 4 members (excludes halogenated alkanes) is 1. The number of rotatable bonds is 12. The maximum absolute atomic E-state index is 12.9. The summed E-state index contributed by atoms with van der Waals surface area (Å²) in [5.74, 6) is -3.07. The second-order valence-corrected chi connectivity index (χ2v) is 8.37. The van der Waals surface area contributed by atoms with Crippen LogP contribution >= 0.6 is 0 Å². The summed E-state index contributed by atoms with van der Waals surface area (Å²) in [6.07, 6.45) is 1.06. The van der Waals surface area contributed by atoms with Gasteiger partial charge in [0.1, 0.15) is 18.1 Å². The molecule has 0 aromatic rings. The highest BCUT2D eigenvalue weighted by Gasteiger charge is 2.40. The van der Waals surface area contributed by atoms with Gasteiger partial charge in [-0.1, -0.05) is 13.8 Å². The molecule has 5 atom stereocenters. The number of hydrogen-bond donors (Lipinski definition) is 6. The average molecular weight is 444 g/mol. The molecule has 1 fully saturated rings. The molecule has 1 saturated heterocycles. The second-order valence-electron chi connectivity index (χ2n) is 8.37. The highest BCUT2D eigenvalue weighted by atomic mass is 16.4. The largest absolute Gasteiger partial charge is 0.480 e. The Morgan fingerprint density at radius 1 is 1.10 bits per heavy atom. The van der Waals surface area contributed by atoms with Crippen LogP contribution in [0.25, 0.3) is 0 Å². The summed E-state index contributed by atoms with van der Waals surface area (Å²) in [5.41, 5.74) is 11.4. The number of carbonyl (C=O) groups excluding carboxylic acids is 3. The number of aliphatic carboxylic acids is 1. The van der Waals surface area contributed by atoms with Crippen molar-refractivity contribution < 1.29 is 29.4 Å². The topological polar surface area (TPSA) is 188 Å². The third kappa shape index (κ3) is 7.75. The lowest BCUT2D eigenvalue weighted by atomic mass is 10.0. The van der Waals surface area contributed by atoms with Crippen molar-refractivity contribution in [1.29, 1.82) is 0 Å². The summed E-state index contributed by atoms with van der Waals surface area (Å²) in [7, 11) is 0. The summed E-state index contributed by atoms with van der Waals surface area (Å²) >= 11 is 0. The molecular weight excluding hydrogens is 406 g/mol. The number of nitrogens with two attached hydrogens (primary N) is 2. The molecule has 8 N–H and O–H groups in total. The van der Waals surface area contributed by atoms with Crippen molar-refractivity contribution >= 4 is 23.7 Å². The first-order chi connectivity index (χ1) is 14.5. The molecule has 0 spiro atoms. The Morgan fingerprint density at radius 2 is 1.74 bits per heavy atom. The molecule has 0 aromatic heterocycles. The Kier molecular flexibility index (Phi) is 10.9. The lowest BCUT2D eigenvalue weighted by Crippen LogP contribution is -2.60. The minimum Gasteiger partial charge on any atom is -0.480 e. The van der Waals surface area contributed by atoms with Gasteiger partial charge < -0.3 is 37.2 Å². The van der Waals surface area contributed by atoms with E-state index in [0.717, 1.165) is 4.90 Å². The number of likely N-dealkylation sites (tertiary alicyclic amines) is 1. The molecule has 0 bridgehead atoms. The molecule has 0 aromatic carbocycles. The van der Waals surface area contributed by atoms with Crippen LogP contribution in [0.4, 0.5) is 0 Å². The van der Waals surface area contributed by atoms with Gasteiger partial charge in [0, 0.05) is 6.54 Å². The number of carboxylic acids is 1. The molecule has 0 aliphatic carbocycles. The fourth-order valence-corrected chi connectivity index (χ4v) is 3.44. The molecule has 178 valence electrons. The van der Waals surface area contributed by atoms with Crippen molar-refractivity contribution in [2.45, 2.75) is 83.1 Å². The lowest BCUT2D eigenvalue weighted by Gasteiger charge is -2.30. The van der Waals surface area contributed by atoms with Crippen molar-refractivity contribution in [3.05, 3.63) is 0 Å².